The first-order chi connectivity index (χ1) is 8.45. The van der Waals surface area contributed by atoms with Gasteiger partial charge in [-0.15, -0.1) is 0 Å². The fraction of sp³-hybridized carbons (Fsp3) is 1.00. The van der Waals surface area contributed by atoms with E-state index in [9.17, 15) is 8.42 Å². The van der Waals surface area contributed by atoms with E-state index in [4.69, 9.17) is 0 Å². The van der Waals surface area contributed by atoms with Crippen molar-refractivity contribution in [3.63, 3.8) is 0 Å². The fourth-order valence-corrected chi connectivity index (χ4v) is 3.90. The molecule has 0 aromatic carbocycles. The summed E-state index contributed by atoms with van der Waals surface area (Å²) in [6.07, 6.45) is 3.93. The highest BCUT2D eigenvalue weighted by Gasteiger charge is 2.26. The Balaban J connectivity index is 2.31. The number of nitrogens with one attached hydrogen (secondary N) is 1. The van der Waals surface area contributed by atoms with E-state index < -0.39 is 10.0 Å². The van der Waals surface area contributed by atoms with E-state index in [2.05, 4.69) is 26.1 Å². The highest BCUT2D eigenvalue weighted by atomic mass is 32.2. The Labute approximate surface area is 112 Å². The van der Waals surface area contributed by atoms with Gasteiger partial charge in [0.25, 0.3) is 0 Å². The van der Waals surface area contributed by atoms with Gasteiger partial charge in [0.15, 0.2) is 0 Å². The molecule has 1 rings (SSSR count). The summed E-state index contributed by atoms with van der Waals surface area (Å²) < 4.78 is 25.9. The molecule has 108 valence electrons. The molecule has 0 amide bonds. The van der Waals surface area contributed by atoms with Gasteiger partial charge in [0, 0.05) is 19.1 Å². The zero-order valence-corrected chi connectivity index (χ0v) is 12.8. The van der Waals surface area contributed by atoms with Crippen LogP contribution in [0.2, 0.25) is 0 Å². The van der Waals surface area contributed by atoms with Gasteiger partial charge in [-0.3, -0.25) is 0 Å². The second kappa shape index (κ2) is 7.46. The van der Waals surface area contributed by atoms with Gasteiger partial charge in [-0.05, 0) is 31.7 Å². The van der Waals surface area contributed by atoms with Gasteiger partial charge in [0.05, 0.1) is 5.75 Å². The SMILES string of the molecule is CCC1CCN(S(=O)(=O)CCCNC(C)C)CC1. The Morgan fingerprint density at radius 1 is 1.28 bits per heavy atom. The number of piperidine rings is 1. The Hall–Kier alpha value is -0.130. The summed E-state index contributed by atoms with van der Waals surface area (Å²) in [6.45, 7) is 8.56. The van der Waals surface area contributed by atoms with E-state index in [-0.39, 0.29) is 5.75 Å². The summed E-state index contributed by atoms with van der Waals surface area (Å²) >= 11 is 0. The largest absolute Gasteiger partial charge is 0.314 e. The molecule has 1 saturated heterocycles. The van der Waals surface area contributed by atoms with Crippen LogP contribution < -0.4 is 5.32 Å². The molecule has 1 N–H and O–H groups in total. The molecule has 1 aliphatic rings. The van der Waals surface area contributed by atoms with Gasteiger partial charge in [-0.1, -0.05) is 27.2 Å². The molecule has 5 heteroatoms. The van der Waals surface area contributed by atoms with Crippen LogP contribution in [0.3, 0.4) is 0 Å². The first-order valence-corrected chi connectivity index (χ1v) is 8.77. The van der Waals surface area contributed by atoms with Gasteiger partial charge in [-0.2, -0.15) is 0 Å². The van der Waals surface area contributed by atoms with Crippen molar-refractivity contribution in [3.05, 3.63) is 0 Å². The molecular weight excluding hydrogens is 248 g/mol. The maximum atomic E-state index is 12.1. The van der Waals surface area contributed by atoms with Crippen molar-refractivity contribution in [2.24, 2.45) is 5.92 Å². The van der Waals surface area contributed by atoms with Crippen LogP contribution in [-0.2, 0) is 10.0 Å². The Kier molecular flexibility index (Phi) is 6.60. The molecule has 0 aromatic heterocycles. The molecular formula is C13H28N2O2S. The topological polar surface area (TPSA) is 49.4 Å². The fourth-order valence-electron chi connectivity index (χ4n) is 2.37. The minimum atomic E-state index is -3.02. The molecule has 1 heterocycles. The van der Waals surface area contributed by atoms with Crippen molar-refractivity contribution in [2.45, 2.75) is 52.5 Å². The zero-order valence-electron chi connectivity index (χ0n) is 12.0. The Morgan fingerprint density at radius 2 is 1.89 bits per heavy atom. The Bertz CT molecular complexity index is 320. The van der Waals surface area contributed by atoms with E-state index in [0.717, 1.165) is 38.4 Å². The third-order valence-corrected chi connectivity index (χ3v) is 5.63. The number of sulfonamides is 1. The maximum absolute atomic E-state index is 12.1. The molecule has 0 atom stereocenters. The standard InChI is InChI=1S/C13H28N2O2S/c1-4-13-6-9-15(10-7-13)18(16,17)11-5-8-14-12(2)3/h12-14H,4-11H2,1-3H3. The van der Waals surface area contributed by atoms with Gasteiger partial charge in [0.2, 0.25) is 10.0 Å². The third kappa shape index (κ3) is 5.24. The van der Waals surface area contributed by atoms with E-state index in [1.54, 1.807) is 4.31 Å². The molecule has 1 fully saturated rings. The first-order valence-electron chi connectivity index (χ1n) is 7.17. The average molecular weight is 276 g/mol. The number of rotatable bonds is 7. The van der Waals surface area contributed by atoms with Crippen LogP contribution in [0.5, 0.6) is 0 Å². The predicted octanol–water partition coefficient (Wildman–Crippen LogP) is 1.83. The van der Waals surface area contributed by atoms with Crippen LogP contribution in [0.25, 0.3) is 0 Å². The van der Waals surface area contributed by atoms with E-state index in [0.29, 0.717) is 12.5 Å². The summed E-state index contributed by atoms with van der Waals surface area (Å²) in [7, 11) is -3.02. The number of hydrogen-bond donors (Lipinski definition) is 1. The lowest BCUT2D eigenvalue weighted by molar-refractivity contribution is 0.269. The van der Waals surface area contributed by atoms with Crippen LogP contribution in [0.1, 0.15) is 46.5 Å². The van der Waals surface area contributed by atoms with Crippen LogP contribution >= 0.6 is 0 Å². The maximum Gasteiger partial charge on any atom is 0.214 e. The summed E-state index contributed by atoms with van der Waals surface area (Å²) in [6, 6.07) is 0.424. The lowest BCUT2D eigenvalue weighted by Gasteiger charge is -2.30. The van der Waals surface area contributed by atoms with Crippen LogP contribution in [0.4, 0.5) is 0 Å². The summed E-state index contributed by atoms with van der Waals surface area (Å²) in [5, 5.41) is 3.25. The third-order valence-electron chi connectivity index (χ3n) is 3.68. The molecule has 0 radical (unpaired) electrons. The molecule has 18 heavy (non-hydrogen) atoms. The van der Waals surface area contributed by atoms with E-state index >= 15 is 0 Å². The van der Waals surface area contributed by atoms with Crippen LogP contribution in [0, 0.1) is 5.92 Å². The van der Waals surface area contributed by atoms with Crippen molar-refractivity contribution in [1.29, 1.82) is 0 Å². The van der Waals surface area contributed by atoms with Crippen molar-refractivity contribution in [2.75, 3.05) is 25.4 Å². The molecule has 1 aliphatic heterocycles. The highest BCUT2D eigenvalue weighted by Crippen LogP contribution is 2.22. The van der Waals surface area contributed by atoms with Crippen molar-refractivity contribution in [3.8, 4) is 0 Å². The van der Waals surface area contributed by atoms with Crippen molar-refractivity contribution >= 4 is 10.0 Å². The van der Waals surface area contributed by atoms with E-state index in [1.807, 2.05) is 0 Å². The summed E-state index contributed by atoms with van der Waals surface area (Å²) in [5.41, 5.74) is 0. The van der Waals surface area contributed by atoms with Gasteiger partial charge >= 0.3 is 0 Å². The predicted molar refractivity (Wildman–Crippen MR) is 76.1 cm³/mol. The minimum absolute atomic E-state index is 0.281. The van der Waals surface area contributed by atoms with Gasteiger partial charge in [-0.25, -0.2) is 12.7 Å². The van der Waals surface area contributed by atoms with E-state index in [1.165, 1.54) is 6.42 Å². The lowest BCUT2D eigenvalue weighted by atomic mass is 9.96. The second-order valence-electron chi connectivity index (χ2n) is 5.53. The molecule has 0 saturated carbocycles. The van der Waals surface area contributed by atoms with Crippen LogP contribution in [0.15, 0.2) is 0 Å². The number of nitrogens with zero attached hydrogens (tertiary/aromatic N) is 1. The lowest BCUT2D eigenvalue weighted by Crippen LogP contribution is -2.40. The second-order valence-corrected chi connectivity index (χ2v) is 7.62. The zero-order chi connectivity index (χ0) is 13.6. The normalized spacial score (nSPS) is 19.6. The highest BCUT2D eigenvalue weighted by molar-refractivity contribution is 7.89. The Morgan fingerprint density at radius 3 is 2.39 bits per heavy atom. The average Bonchev–Trinajstić information content (AvgIpc) is 2.34. The number of hydrogen-bond acceptors (Lipinski definition) is 3. The molecule has 0 aromatic rings. The summed E-state index contributed by atoms with van der Waals surface area (Å²) in [5.74, 6) is 1.00. The minimum Gasteiger partial charge on any atom is -0.314 e. The first kappa shape index (κ1) is 15.9. The smallest absolute Gasteiger partial charge is 0.214 e. The quantitative estimate of drug-likeness (QED) is 0.722. The van der Waals surface area contributed by atoms with Gasteiger partial charge in [0.1, 0.15) is 0 Å². The molecule has 0 aliphatic carbocycles. The molecule has 0 unspecified atom stereocenters. The van der Waals surface area contributed by atoms with Crippen molar-refractivity contribution in [1.82, 2.24) is 9.62 Å². The molecule has 0 bridgehead atoms. The van der Waals surface area contributed by atoms with Gasteiger partial charge < -0.3 is 5.32 Å². The monoisotopic (exact) mass is 276 g/mol. The molecule has 4 nitrogen and oxygen atoms in total. The molecule has 0 spiro atoms. The van der Waals surface area contributed by atoms with Crippen LogP contribution in [-0.4, -0.2) is 44.2 Å². The summed E-state index contributed by atoms with van der Waals surface area (Å²) in [4.78, 5) is 0. The van der Waals surface area contributed by atoms with Crippen molar-refractivity contribution < 1.29 is 8.42 Å².